The molecule has 13 rings (SSSR count). The molecule has 0 atom stereocenters. The third-order valence-corrected chi connectivity index (χ3v) is 14.8. The van der Waals surface area contributed by atoms with Gasteiger partial charge in [0, 0.05) is 43.5 Å². The van der Waals surface area contributed by atoms with Crippen LogP contribution in [0.4, 0.5) is 0 Å². The molecule has 0 N–H and O–H groups in total. The van der Waals surface area contributed by atoms with Crippen LogP contribution in [0.15, 0.2) is 164 Å². The van der Waals surface area contributed by atoms with E-state index < -0.39 is 0 Å². The van der Waals surface area contributed by atoms with E-state index in [1.54, 1.807) is 0 Å². The Morgan fingerprint density at radius 3 is 1.72 bits per heavy atom. The summed E-state index contributed by atoms with van der Waals surface area (Å²) < 4.78 is 2.46. The Morgan fingerprint density at radius 2 is 1.07 bits per heavy atom. The van der Waals surface area contributed by atoms with Gasteiger partial charge in [0.2, 0.25) is 0 Å². The van der Waals surface area contributed by atoms with Crippen molar-refractivity contribution in [3.8, 4) is 27.3 Å². The number of aromatic nitrogens is 1. The molecule has 0 spiro atoms. The van der Waals surface area contributed by atoms with Crippen LogP contribution in [0.1, 0.15) is 93.5 Å². The number of hydrogen-bond donors (Lipinski definition) is 0. The lowest BCUT2D eigenvalue weighted by atomic mass is 9.61. The largest absolute Gasteiger partial charge is 0.309 e. The Bertz CT molecular complexity index is 3030. The van der Waals surface area contributed by atoms with Crippen molar-refractivity contribution >= 4 is 45.3 Å². The zero-order chi connectivity index (χ0) is 37.8. The molecule has 9 aromatic rings. The van der Waals surface area contributed by atoms with Crippen molar-refractivity contribution in [1.82, 2.24) is 4.57 Å². The zero-order valence-corrected chi connectivity index (χ0v) is 33.0. The van der Waals surface area contributed by atoms with Crippen LogP contribution in [0.5, 0.6) is 0 Å². The molecule has 0 saturated carbocycles. The second kappa shape index (κ2) is 12.4. The Balaban J connectivity index is 0.869. The summed E-state index contributed by atoms with van der Waals surface area (Å²) in [7, 11) is 0. The van der Waals surface area contributed by atoms with Gasteiger partial charge in [0.25, 0.3) is 0 Å². The van der Waals surface area contributed by atoms with Crippen LogP contribution < -0.4 is 0 Å². The average Bonchev–Trinajstić information content (AvgIpc) is 3.96. The molecule has 0 fully saturated rings. The van der Waals surface area contributed by atoms with Gasteiger partial charge in [-0.25, -0.2) is 0 Å². The lowest BCUT2D eigenvalue weighted by Gasteiger charge is -2.42. The summed E-state index contributed by atoms with van der Waals surface area (Å²) >= 11 is 1.88. The van der Waals surface area contributed by atoms with Gasteiger partial charge in [-0.05, 0) is 128 Å². The summed E-state index contributed by atoms with van der Waals surface area (Å²) in [5, 5.41) is 2.60. The first-order chi connectivity index (χ1) is 28.1. The number of fused-ring (bicyclic) bond motifs is 6. The Labute approximate surface area is 338 Å². The molecule has 272 valence electrons. The maximum atomic E-state index is 2.49. The standard InChI is InChI=1S/C55H41NS/c1-3-55(4-2)48-31-34(22-27-38(48)39-29-24-36(33-49(39)55)56-50-19-11-9-13-40(50)41-14-10-12-20-51(41)56)21-25-37-26-30-52(57-37)35-23-28-46-47(32-35)54-44-17-7-5-15-42(44)53(46)43-16-6-8-18-45(43)54/h5-33,53-54H,3-4H2,1-2H3. The van der Waals surface area contributed by atoms with Gasteiger partial charge in [-0.2, -0.15) is 0 Å². The van der Waals surface area contributed by atoms with E-state index in [0.29, 0.717) is 11.8 Å². The molecule has 4 aliphatic rings. The van der Waals surface area contributed by atoms with E-state index >= 15 is 0 Å². The van der Waals surface area contributed by atoms with Crippen molar-refractivity contribution in [2.45, 2.75) is 43.9 Å². The first-order valence-corrected chi connectivity index (χ1v) is 21.3. The van der Waals surface area contributed by atoms with Crippen molar-refractivity contribution in [3.05, 3.63) is 219 Å². The molecule has 2 bridgehead atoms. The number of para-hydroxylation sites is 2. The van der Waals surface area contributed by atoms with Gasteiger partial charge in [0.1, 0.15) is 0 Å². The minimum atomic E-state index is -0.0354. The summed E-state index contributed by atoms with van der Waals surface area (Å²) in [5.74, 6) is 0.607. The number of nitrogens with zero attached hydrogens (tertiary/aromatic N) is 1. The molecule has 1 nitrogen and oxygen atoms in total. The van der Waals surface area contributed by atoms with E-state index in [1.165, 1.54) is 104 Å². The average molecular weight is 748 g/mol. The van der Waals surface area contributed by atoms with Crippen molar-refractivity contribution in [1.29, 1.82) is 0 Å². The summed E-state index contributed by atoms with van der Waals surface area (Å²) in [4.78, 5) is 2.59. The summed E-state index contributed by atoms with van der Waals surface area (Å²) in [6, 6.07) is 62.0. The highest BCUT2D eigenvalue weighted by Crippen LogP contribution is 2.57. The maximum Gasteiger partial charge on any atom is 0.0541 e. The van der Waals surface area contributed by atoms with E-state index in [-0.39, 0.29) is 5.41 Å². The van der Waals surface area contributed by atoms with Crippen LogP contribution in [0.2, 0.25) is 0 Å². The van der Waals surface area contributed by atoms with Crippen LogP contribution in [0, 0.1) is 0 Å². The molecular formula is C55H41NS. The normalized spacial score (nSPS) is 16.8. The fraction of sp³-hybridized carbons (Fsp3) is 0.127. The van der Waals surface area contributed by atoms with Crippen LogP contribution in [0.25, 0.3) is 61.2 Å². The van der Waals surface area contributed by atoms with Gasteiger partial charge in [-0.3, -0.25) is 0 Å². The van der Waals surface area contributed by atoms with Crippen molar-refractivity contribution < 1.29 is 0 Å². The maximum absolute atomic E-state index is 2.49. The molecule has 57 heavy (non-hydrogen) atoms. The van der Waals surface area contributed by atoms with Crippen molar-refractivity contribution in [3.63, 3.8) is 0 Å². The molecule has 0 radical (unpaired) electrons. The minimum absolute atomic E-state index is 0.0354. The van der Waals surface area contributed by atoms with Crippen LogP contribution >= 0.6 is 11.3 Å². The molecule has 0 aliphatic heterocycles. The number of thiophene rings is 1. The second-order valence-corrected chi connectivity index (χ2v) is 17.3. The smallest absolute Gasteiger partial charge is 0.0541 e. The molecule has 7 aromatic carbocycles. The third kappa shape index (κ3) is 4.62. The summed E-state index contributed by atoms with van der Waals surface area (Å²) in [6.07, 6.45) is 6.74. The van der Waals surface area contributed by atoms with Gasteiger partial charge >= 0.3 is 0 Å². The Hall–Kier alpha value is -6.22. The minimum Gasteiger partial charge on any atom is -0.309 e. The second-order valence-electron chi connectivity index (χ2n) is 16.2. The first-order valence-electron chi connectivity index (χ1n) is 20.5. The predicted molar refractivity (Wildman–Crippen MR) is 241 cm³/mol. The summed E-state index contributed by atoms with van der Waals surface area (Å²) in [6.45, 7) is 4.74. The van der Waals surface area contributed by atoms with Crippen molar-refractivity contribution in [2.24, 2.45) is 0 Å². The van der Waals surface area contributed by atoms with Crippen LogP contribution in [0.3, 0.4) is 0 Å². The SMILES string of the molecule is CCC1(CC)c2cc(C=Cc3ccc(-c4ccc5c(c4)C4c6ccccc6C5c5ccccc54)s3)ccc2-c2ccc(-n3c4ccccc4c4ccccc43)cc21. The first kappa shape index (κ1) is 33.0. The molecule has 0 unspecified atom stereocenters. The van der Waals surface area contributed by atoms with Gasteiger partial charge in [-0.1, -0.05) is 141 Å². The quantitative estimate of drug-likeness (QED) is 0.160. The highest BCUT2D eigenvalue weighted by atomic mass is 32.1. The zero-order valence-electron chi connectivity index (χ0n) is 32.2. The van der Waals surface area contributed by atoms with E-state index in [1.807, 2.05) is 11.3 Å². The molecular weight excluding hydrogens is 707 g/mol. The predicted octanol–water partition coefficient (Wildman–Crippen LogP) is 14.8. The molecule has 2 aromatic heterocycles. The topological polar surface area (TPSA) is 4.93 Å². The van der Waals surface area contributed by atoms with Crippen LogP contribution in [-0.4, -0.2) is 4.57 Å². The number of benzene rings is 7. The fourth-order valence-electron chi connectivity index (χ4n) is 11.1. The van der Waals surface area contributed by atoms with E-state index in [9.17, 15) is 0 Å². The van der Waals surface area contributed by atoms with E-state index in [2.05, 4.69) is 194 Å². The molecule has 0 amide bonds. The summed E-state index contributed by atoms with van der Waals surface area (Å²) in [5.41, 5.74) is 20.8. The highest BCUT2D eigenvalue weighted by molar-refractivity contribution is 7.16. The van der Waals surface area contributed by atoms with Gasteiger partial charge in [0.05, 0.1) is 11.0 Å². The van der Waals surface area contributed by atoms with Gasteiger partial charge < -0.3 is 4.57 Å². The van der Waals surface area contributed by atoms with Crippen molar-refractivity contribution in [2.75, 3.05) is 0 Å². The molecule has 0 saturated heterocycles. The molecule has 2 heteroatoms. The fourth-order valence-corrected chi connectivity index (χ4v) is 12.0. The van der Waals surface area contributed by atoms with E-state index in [0.717, 1.165) is 12.8 Å². The Morgan fingerprint density at radius 1 is 0.509 bits per heavy atom. The van der Waals surface area contributed by atoms with Gasteiger partial charge in [-0.15, -0.1) is 11.3 Å². The lowest BCUT2D eigenvalue weighted by molar-refractivity contribution is 0.490. The van der Waals surface area contributed by atoms with Gasteiger partial charge in [0.15, 0.2) is 0 Å². The van der Waals surface area contributed by atoms with E-state index in [4.69, 9.17) is 0 Å². The number of rotatable bonds is 6. The third-order valence-electron chi connectivity index (χ3n) is 13.7. The lowest BCUT2D eigenvalue weighted by Crippen LogP contribution is -2.27. The molecule has 4 aliphatic carbocycles. The molecule has 2 heterocycles. The Kier molecular flexibility index (Phi) is 7.17. The van der Waals surface area contributed by atoms with Crippen LogP contribution in [-0.2, 0) is 5.41 Å². The monoisotopic (exact) mass is 747 g/mol. The number of hydrogen-bond acceptors (Lipinski definition) is 1. The highest BCUT2D eigenvalue weighted by Gasteiger charge is 2.42.